The Labute approximate surface area is 111 Å². The standard InChI is InChI=1S/C13H17N3O3/c1-13(2,3)12(17)8-15-10-4-5-11(16(18)19)9(6-10)7-14/h4-6,12,15,17H,8H2,1-3H3/t12-/m0/s1. The van der Waals surface area contributed by atoms with Crippen LogP contribution in [0.4, 0.5) is 11.4 Å². The molecule has 1 aromatic rings. The number of anilines is 1. The molecule has 0 aliphatic heterocycles. The smallest absolute Gasteiger partial charge is 0.287 e. The zero-order valence-electron chi connectivity index (χ0n) is 11.2. The first-order valence-electron chi connectivity index (χ1n) is 5.86. The van der Waals surface area contributed by atoms with Crippen LogP contribution in [0, 0.1) is 26.9 Å². The highest BCUT2D eigenvalue weighted by atomic mass is 16.6. The molecule has 0 fully saturated rings. The van der Waals surface area contributed by atoms with Gasteiger partial charge in [-0.1, -0.05) is 20.8 Å². The molecule has 6 nitrogen and oxygen atoms in total. The number of nitrogens with zero attached hydrogens (tertiary/aromatic N) is 2. The molecule has 0 spiro atoms. The molecule has 0 unspecified atom stereocenters. The Kier molecular flexibility index (Phi) is 4.46. The minimum Gasteiger partial charge on any atom is -0.391 e. The second kappa shape index (κ2) is 5.67. The Bertz CT molecular complexity index is 515. The molecule has 1 rings (SSSR count). The van der Waals surface area contributed by atoms with Gasteiger partial charge in [-0.2, -0.15) is 5.26 Å². The number of aliphatic hydroxyl groups is 1. The number of aliphatic hydroxyl groups excluding tert-OH is 1. The van der Waals surface area contributed by atoms with E-state index in [1.807, 2.05) is 20.8 Å². The summed E-state index contributed by atoms with van der Waals surface area (Å²) < 4.78 is 0. The molecule has 0 aliphatic rings. The van der Waals surface area contributed by atoms with Crippen LogP contribution in [0.3, 0.4) is 0 Å². The Morgan fingerprint density at radius 2 is 2.16 bits per heavy atom. The highest BCUT2D eigenvalue weighted by molar-refractivity contribution is 5.58. The SMILES string of the molecule is CC(C)(C)[C@@H](O)CNc1ccc([N+](=O)[O-])c(C#N)c1. The Morgan fingerprint density at radius 1 is 1.53 bits per heavy atom. The van der Waals surface area contributed by atoms with Gasteiger partial charge in [0.15, 0.2) is 0 Å². The molecule has 0 saturated carbocycles. The summed E-state index contributed by atoms with van der Waals surface area (Å²) in [6.45, 7) is 6.05. The maximum absolute atomic E-state index is 10.7. The van der Waals surface area contributed by atoms with Gasteiger partial charge < -0.3 is 10.4 Å². The van der Waals surface area contributed by atoms with Crippen molar-refractivity contribution in [2.24, 2.45) is 5.41 Å². The van der Waals surface area contributed by atoms with Crippen LogP contribution in [-0.2, 0) is 0 Å². The number of benzene rings is 1. The molecule has 2 N–H and O–H groups in total. The van der Waals surface area contributed by atoms with Gasteiger partial charge in [0.25, 0.3) is 5.69 Å². The molecule has 0 heterocycles. The van der Waals surface area contributed by atoms with E-state index in [4.69, 9.17) is 5.26 Å². The third-order valence-electron chi connectivity index (χ3n) is 2.81. The molecule has 1 aromatic carbocycles. The van der Waals surface area contributed by atoms with E-state index in [0.717, 1.165) is 0 Å². The Balaban J connectivity index is 2.82. The van der Waals surface area contributed by atoms with Crippen molar-refractivity contribution in [1.29, 1.82) is 5.26 Å². The van der Waals surface area contributed by atoms with Crippen molar-refractivity contribution in [2.45, 2.75) is 26.9 Å². The van der Waals surface area contributed by atoms with Gasteiger partial charge in [0.2, 0.25) is 0 Å². The summed E-state index contributed by atoms with van der Waals surface area (Å²) in [6.07, 6.45) is -0.562. The molecular formula is C13H17N3O3. The van der Waals surface area contributed by atoms with Gasteiger partial charge in [0, 0.05) is 18.3 Å². The fourth-order valence-electron chi connectivity index (χ4n) is 1.42. The summed E-state index contributed by atoms with van der Waals surface area (Å²) in [4.78, 5) is 10.1. The van der Waals surface area contributed by atoms with E-state index in [1.165, 1.54) is 18.2 Å². The van der Waals surface area contributed by atoms with Crippen LogP contribution in [0.1, 0.15) is 26.3 Å². The van der Waals surface area contributed by atoms with E-state index in [-0.39, 0.29) is 16.7 Å². The van der Waals surface area contributed by atoms with Crippen molar-refractivity contribution in [2.75, 3.05) is 11.9 Å². The minimum atomic E-state index is -0.591. The van der Waals surface area contributed by atoms with Crippen LogP contribution in [0.25, 0.3) is 0 Å². The topological polar surface area (TPSA) is 99.2 Å². The number of hydrogen-bond acceptors (Lipinski definition) is 5. The largest absolute Gasteiger partial charge is 0.391 e. The van der Waals surface area contributed by atoms with E-state index in [2.05, 4.69) is 5.32 Å². The molecule has 0 radical (unpaired) electrons. The van der Waals surface area contributed by atoms with Crippen LogP contribution in [-0.4, -0.2) is 22.7 Å². The van der Waals surface area contributed by atoms with Crippen molar-refractivity contribution in [3.05, 3.63) is 33.9 Å². The fourth-order valence-corrected chi connectivity index (χ4v) is 1.42. The molecule has 6 heteroatoms. The van der Waals surface area contributed by atoms with E-state index < -0.39 is 11.0 Å². The molecule has 0 aromatic heterocycles. The molecule has 0 amide bonds. The lowest BCUT2D eigenvalue weighted by molar-refractivity contribution is -0.385. The molecule has 102 valence electrons. The third-order valence-corrected chi connectivity index (χ3v) is 2.81. The first-order valence-corrected chi connectivity index (χ1v) is 5.86. The van der Waals surface area contributed by atoms with Crippen molar-refractivity contribution >= 4 is 11.4 Å². The van der Waals surface area contributed by atoms with Crippen LogP contribution < -0.4 is 5.32 Å². The van der Waals surface area contributed by atoms with Crippen molar-refractivity contribution < 1.29 is 10.0 Å². The number of hydrogen-bond donors (Lipinski definition) is 2. The van der Waals surface area contributed by atoms with Crippen LogP contribution in [0.15, 0.2) is 18.2 Å². The fraction of sp³-hybridized carbons (Fsp3) is 0.462. The lowest BCUT2D eigenvalue weighted by atomic mass is 9.89. The van der Waals surface area contributed by atoms with Gasteiger partial charge in [-0.05, 0) is 17.5 Å². The number of rotatable bonds is 4. The van der Waals surface area contributed by atoms with Crippen molar-refractivity contribution in [3.8, 4) is 6.07 Å². The van der Waals surface area contributed by atoms with Gasteiger partial charge in [-0.25, -0.2) is 0 Å². The normalized spacial score (nSPS) is 12.6. The van der Waals surface area contributed by atoms with E-state index in [1.54, 1.807) is 6.07 Å². The maximum atomic E-state index is 10.7. The number of nitriles is 1. The van der Waals surface area contributed by atoms with Crippen LogP contribution in [0.5, 0.6) is 0 Å². The minimum absolute atomic E-state index is 0.000230. The third kappa shape index (κ3) is 3.93. The quantitative estimate of drug-likeness (QED) is 0.641. The number of nitro groups is 1. The zero-order valence-corrected chi connectivity index (χ0v) is 11.2. The summed E-state index contributed by atoms with van der Waals surface area (Å²) in [6, 6.07) is 6.01. The van der Waals surface area contributed by atoms with Crippen molar-refractivity contribution in [1.82, 2.24) is 0 Å². The lowest BCUT2D eigenvalue weighted by Crippen LogP contribution is -2.32. The summed E-state index contributed by atoms with van der Waals surface area (Å²) >= 11 is 0. The highest BCUT2D eigenvalue weighted by Crippen LogP contribution is 2.23. The summed E-state index contributed by atoms with van der Waals surface area (Å²) in [7, 11) is 0. The van der Waals surface area contributed by atoms with Gasteiger partial charge in [0.05, 0.1) is 11.0 Å². The van der Waals surface area contributed by atoms with E-state index in [9.17, 15) is 15.2 Å². The van der Waals surface area contributed by atoms with Crippen LogP contribution >= 0.6 is 0 Å². The Morgan fingerprint density at radius 3 is 2.63 bits per heavy atom. The molecule has 0 bridgehead atoms. The molecule has 19 heavy (non-hydrogen) atoms. The number of nitrogens with one attached hydrogen (secondary N) is 1. The van der Waals surface area contributed by atoms with Gasteiger partial charge >= 0.3 is 0 Å². The van der Waals surface area contributed by atoms with Crippen LogP contribution in [0.2, 0.25) is 0 Å². The summed E-state index contributed by atoms with van der Waals surface area (Å²) in [5.41, 5.74) is 0.0985. The predicted molar refractivity (Wildman–Crippen MR) is 71.8 cm³/mol. The highest BCUT2D eigenvalue weighted by Gasteiger charge is 2.22. The monoisotopic (exact) mass is 263 g/mol. The average Bonchev–Trinajstić information content (AvgIpc) is 2.33. The molecule has 1 atom stereocenters. The molecule has 0 saturated heterocycles. The molecular weight excluding hydrogens is 246 g/mol. The van der Waals surface area contributed by atoms with Gasteiger partial charge in [-0.15, -0.1) is 0 Å². The van der Waals surface area contributed by atoms with E-state index >= 15 is 0 Å². The molecule has 0 aliphatic carbocycles. The second-order valence-electron chi connectivity index (χ2n) is 5.36. The zero-order chi connectivity index (χ0) is 14.6. The summed E-state index contributed by atoms with van der Waals surface area (Å²) in [5, 5.41) is 32.4. The average molecular weight is 263 g/mol. The van der Waals surface area contributed by atoms with Gasteiger partial charge in [0.1, 0.15) is 11.6 Å². The summed E-state index contributed by atoms with van der Waals surface area (Å²) in [5.74, 6) is 0. The predicted octanol–water partition coefficient (Wildman–Crippen LogP) is 2.29. The number of nitro benzene ring substituents is 1. The maximum Gasteiger partial charge on any atom is 0.287 e. The lowest BCUT2D eigenvalue weighted by Gasteiger charge is -2.26. The van der Waals surface area contributed by atoms with Crippen molar-refractivity contribution in [3.63, 3.8) is 0 Å². The first kappa shape index (κ1) is 14.9. The first-order chi connectivity index (χ1) is 8.75. The second-order valence-corrected chi connectivity index (χ2v) is 5.36. The van der Waals surface area contributed by atoms with E-state index in [0.29, 0.717) is 12.2 Å². The van der Waals surface area contributed by atoms with Gasteiger partial charge in [-0.3, -0.25) is 10.1 Å². The Hall–Kier alpha value is -2.13.